The standard InChI is InChI=1S/C14H29N3O/c1-6-12-15-14(5,7-2)13(18)17(12)11-10-16(8-3)9-4/h12,15H,6-11H2,1-5H3. The van der Waals surface area contributed by atoms with Crippen LogP contribution in [-0.4, -0.2) is 53.6 Å². The SMILES string of the molecule is CCC1NC(C)(CC)C(=O)N1CCN(CC)CC. The van der Waals surface area contributed by atoms with Gasteiger partial charge in [0.15, 0.2) is 0 Å². The fraction of sp³-hybridized carbons (Fsp3) is 0.929. The zero-order chi connectivity index (χ0) is 13.8. The molecule has 2 atom stereocenters. The summed E-state index contributed by atoms with van der Waals surface area (Å²) >= 11 is 0. The van der Waals surface area contributed by atoms with Crippen molar-refractivity contribution in [2.75, 3.05) is 26.2 Å². The molecule has 0 aromatic heterocycles. The molecule has 1 aliphatic rings. The van der Waals surface area contributed by atoms with Gasteiger partial charge in [-0.3, -0.25) is 10.1 Å². The van der Waals surface area contributed by atoms with Crippen LogP contribution in [0.25, 0.3) is 0 Å². The van der Waals surface area contributed by atoms with Crippen LogP contribution in [-0.2, 0) is 4.79 Å². The predicted molar refractivity (Wildman–Crippen MR) is 75.4 cm³/mol. The second-order valence-electron chi connectivity index (χ2n) is 5.28. The molecule has 0 radical (unpaired) electrons. The molecule has 1 rings (SSSR count). The minimum absolute atomic E-state index is 0.206. The van der Waals surface area contributed by atoms with Gasteiger partial charge in [-0.1, -0.05) is 27.7 Å². The van der Waals surface area contributed by atoms with Crippen molar-refractivity contribution in [3.05, 3.63) is 0 Å². The van der Waals surface area contributed by atoms with Gasteiger partial charge in [0.05, 0.1) is 11.7 Å². The van der Waals surface area contributed by atoms with E-state index in [0.717, 1.165) is 39.0 Å². The summed E-state index contributed by atoms with van der Waals surface area (Å²) in [5.74, 6) is 0.268. The Labute approximate surface area is 112 Å². The largest absolute Gasteiger partial charge is 0.324 e. The molecule has 0 aliphatic carbocycles. The van der Waals surface area contributed by atoms with Gasteiger partial charge in [0.2, 0.25) is 5.91 Å². The summed E-state index contributed by atoms with van der Waals surface area (Å²) in [4.78, 5) is 16.9. The van der Waals surface area contributed by atoms with Gasteiger partial charge in [0, 0.05) is 13.1 Å². The van der Waals surface area contributed by atoms with E-state index >= 15 is 0 Å². The minimum atomic E-state index is -0.357. The van der Waals surface area contributed by atoms with Crippen molar-refractivity contribution in [1.29, 1.82) is 0 Å². The van der Waals surface area contributed by atoms with E-state index in [1.165, 1.54) is 0 Å². The van der Waals surface area contributed by atoms with Crippen LogP contribution in [0.15, 0.2) is 0 Å². The topological polar surface area (TPSA) is 35.6 Å². The first-order valence-corrected chi connectivity index (χ1v) is 7.33. The van der Waals surface area contributed by atoms with Gasteiger partial charge >= 0.3 is 0 Å². The molecule has 1 saturated heterocycles. The van der Waals surface area contributed by atoms with Crippen molar-refractivity contribution in [1.82, 2.24) is 15.1 Å². The van der Waals surface area contributed by atoms with Crippen LogP contribution in [0, 0.1) is 0 Å². The number of rotatable bonds is 7. The van der Waals surface area contributed by atoms with E-state index in [1.54, 1.807) is 0 Å². The van der Waals surface area contributed by atoms with Crippen LogP contribution in [0.3, 0.4) is 0 Å². The second-order valence-corrected chi connectivity index (χ2v) is 5.28. The first-order chi connectivity index (χ1) is 8.52. The van der Waals surface area contributed by atoms with E-state index < -0.39 is 0 Å². The maximum atomic E-state index is 12.5. The maximum Gasteiger partial charge on any atom is 0.243 e. The van der Waals surface area contributed by atoms with Crippen molar-refractivity contribution in [3.63, 3.8) is 0 Å². The number of carbonyl (C=O) groups excluding carboxylic acids is 1. The van der Waals surface area contributed by atoms with Crippen molar-refractivity contribution in [2.45, 2.75) is 59.2 Å². The number of hydrogen-bond donors (Lipinski definition) is 1. The van der Waals surface area contributed by atoms with Crippen LogP contribution in [0.1, 0.15) is 47.5 Å². The zero-order valence-corrected chi connectivity index (χ0v) is 12.6. The summed E-state index contributed by atoms with van der Waals surface area (Å²) < 4.78 is 0. The van der Waals surface area contributed by atoms with Gasteiger partial charge < -0.3 is 9.80 Å². The van der Waals surface area contributed by atoms with Crippen LogP contribution in [0.2, 0.25) is 0 Å². The average molecular weight is 255 g/mol. The third-order valence-electron chi connectivity index (χ3n) is 4.24. The summed E-state index contributed by atoms with van der Waals surface area (Å²) in [6, 6.07) is 0. The fourth-order valence-corrected chi connectivity index (χ4v) is 2.59. The molecule has 1 N–H and O–H groups in total. The van der Waals surface area contributed by atoms with Gasteiger partial charge in [-0.25, -0.2) is 0 Å². The van der Waals surface area contributed by atoms with Crippen molar-refractivity contribution in [3.8, 4) is 0 Å². The van der Waals surface area contributed by atoms with Crippen LogP contribution < -0.4 is 5.32 Å². The zero-order valence-electron chi connectivity index (χ0n) is 12.6. The minimum Gasteiger partial charge on any atom is -0.324 e. The first kappa shape index (κ1) is 15.4. The number of nitrogens with zero attached hydrogens (tertiary/aromatic N) is 2. The molecule has 106 valence electrons. The van der Waals surface area contributed by atoms with Gasteiger partial charge in [0.25, 0.3) is 0 Å². The van der Waals surface area contributed by atoms with E-state index in [0.29, 0.717) is 0 Å². The lowest BCUT2D eigenvalue weighted by Crippen LogP contribution is -2.44. The normalized spacial score (nSPS) is 28.4. The number of nitrogens with one attached hydrogen (secondary N) is 1. The number of hydrogen-bond acceptors (Lipinski definition) is 3. The molecule has 4 heteroatoms. The third kappa shape index (κ3) is 3.04. The summed E-state index contributed by atoms with van der Waals surface area (Å²) in [7, 11) is 0. The van der Waals surface area contributed by atoms with Crippen molar-refractivity contribution >= 4 is 5.91 Å². The van der Waals surface area contributed by atoms with E-state index in [4.69, 9.17) is 0 Å². The molecule has 0 saturated carbocycles. The molecular formula is C14H29N3O. The molecule has 18 heavy (non-hydrogen) atoms. The molecule has 0 aromatic rings. The van der Waals surface area contributed by atoms with Crippen molar-refractivity contribution < 1.29 is 4.79 Å². The number of likely N-dealkylation sites (N-methyl/N-ethyl adjacent to an activating group) is 1. The smallest absolute Gasteiger partial charge is 0.243 e. The molecule has 0 aromatic carbocycles. The maximum absolute atomic E-state index is 12.5. The van der Waals surface area contributed by atoms with Crippen molar-refractivity contribution in [2.24, 2.45) is 0 Å². The highest BCUT2D eigenvalue weighted by molar-refractivity contribution is 5.88. The lowest BCUT2D eigenvalue weighted by atomic mass is 9.99. The summed E-state index contributed by atoms with van der Waals surface area (Å²) in [6.07, 6.45) is 2.03. The van der Waals surface area contributed by atoms with Crippen LogP contribution >= 0.6 is 0 Å². The molecule has 1 amide bonds. The molecule has 0 spiro atoms. The van der Waals surface area contributed by atoms with Gasteiger partial charge in [0.1, 0.15) is 0 Å². The summed E-state index contributed by atoms with van der Waals surface area (Å²) in [5.41, 5.74) is -0.357. The Morgan fingerprint density at radius 1 is 1.28 bits per heavy atom. The Morgan fingerprint density at radius 2 is 1.89 bits per heavy atom. The van der Waals surface area contributed by atoms with Gasteiger partial charge in [-0.05, 0) is 32.9 Å². The molecule has 1 heterocycles. The summed E-state index contributed by atoms with van der Waals surface area (Å²) in [5, 5.41) is 3.48. The summed E-state index contributed by atoms with van der Waals surface area (Å²) in [6.45, 7) is 14.5. The third-order valence-corrected chi connectivity index (χ3v) is 4.24. The molecular weight excluding hydrogens is 226 g/mol. The molecule has 4 nitrogen and oxygen atoms in total. The Hall–Kier alpha value is -0.610. The average Bonchev–Trinajstić information content (AvgIpc) is 2.64. The van der Waals surface area contributed by atoms with Gasteiger partial charge in [-0.2, -0.15) is 0 Å². The highest BCUT2D eigenvalue weighted by Crippen LogP contribution is 2.24. The molecule has 0 bridgehead atoms. The fourth-order valence-electron chi connectivity index (χ4n) is 2.59. The van der Waals surface area contributed by atoms with Gasteiger partial charge in [-0.15, -0.1) is 0 Å². The predicted octanol–water partition coefficient (Wildman–Crippen LogP) is 1.66. The first-order valence-electron chi connectivity index (χ1n) is 7.33. The Bertz CT molecular complexity index is 278. The van der Waals surface area contributed by atoms with Crippen LogP contribution in [0.5, 0.6) is 0 Å². The Balaban J connectivity index is 2.65. The molecule has 1 aliphatic heterocycles. The highest BCUT2D eigenvalue weighted by atomic mass is 16.2. The highest BCUT2D eigenvalue weighted by Gasteiger charge is 2.45. The Kier molecular flexibility index (Phi) is 5.60. The van der Waals surface area contributed by atoms with E-state index in [2.05, 4.69) is 37.9 Å². The molecule has 2 unspecified atom stereocenters. The lowest BCUT2D eigenvalue weighted by Gasteiger charge is -2.27. The monoisotopic (exact) mass is 255 g/mol. The second kappa shape index (κ2) is 6.53. The number of carbonyl (C=O) groups is 1. The quantitative estimate of drug-likeness (QED) is 0.751. The molecule has 1 fully saturated rings. The Morgan fingerprint density at radius 3 is 2.33 bits per heavy atom. The lowest BCUT2D eigenvalue weighted by molar-refractivity contribution is -0.133. The van der Waals surface area contributed by atoms with E-state index in [-0.39, 0.29) is 17.6 Å². The number of amides is 1. The van der Waals surface area contributed by atoms with E-state index in [9.17, 15) is 4.79 Å². The van der Waals surface area contributed by atoms with E-state index in [1.807, 2.05) is 11.8 Å². The van der Waals surface area contributed by atoms with Crippen LogP contribution in [0.4, 0.5) is 0 Å².